The van der Waals surface area contributed by atoms with E-state index in [1.54, 1.807) is 25.1 Å². The van der Waals surface area contributed by atoms with Crippen LogP contribution in [0.5, 0.6) is 0 Å². The third-order valence-corrected chi connectivity index (χ3v) is 2.99. The first-order chi connectivity index (χ1) is 12.5. The number of rotatable bonds is 6. The molecule has 0 fully saturated rings. The van der Waals surface area contributed by atoms with E-state index in [4.69, 9.17) is 9.15 Å². The Morgan fingerprint density at radius 2 is 1.81 bits per heavy atom. The van der Waals surface area contributed by atoms with E-state index in [9.17, 15) is 19.2 Å². The molecule has 9 nitrogen and oxygen atoms in total. The van der Waals surface area contributed by atoms with Gasteiger partial charge in [0.25, 0.3) is 11.8 Å². The van der Waals surface area contributed by atoms with Crippen LogP contribution in [0.2, 0.25) is 0 Å². The molecule has 3 amide bonds. The smallest absolute Gasteiger partial charge is 0.413 e. The molecule has 136 valence electrons. The highest BCUT2D eigenvalue weighted by atomic mass is 16.6. The van der Waals surface area contributed by atoms with Gasteiger partial charge in [0, 0.05) is 0 Å². The summed E-state index contributed by atoms with van der Waals surface area (Å²) in [6.07, 6.45) is 0.414. The zero-order chi connectivity index (χ0) is 18.9. The van der Waals surface area contributed by atoms with Gasteiger partial charge in [0.15, 0.2) is 12.4 Å². The number of benzene rings is 1. The number of alkyl carbamates (subject to hydrolysis) is 1. The van der Waals surface area contributed by atoms with Gasteiger partial charge in [0.05, 0.1) is 24.1 Å². The number of carbonyl (C=O) groups is 4. The maximum absolute atomic E-state index is 12.2. The molecule has 0 unspecified atom stereocenters. The first-order valence-electron chi connectivity index (χ1n) is 7.59. The molecular formula is C17H16N2O7. The quantitative estimate of drug-likeness (QED) is 0.755. The third-order valence-electron chi connectivity index (χ3n) is 2.99. The maximum Gasteiger partial charge on any atom is 0.413 e. The highest BCUT2D eigenvalue weighted by Gasteiger charge is 2.18. The summed E-state index contributed by atoms with van der Waals surface area (Å²) in [6, 6.07) is 9.12. The molecule has 9 heteroatoms. The fraction of sp³-hybridized carbons (Fsp3) is 0.176. The predicted octanol–water partition coefficient (Wildman–Crippen LogP) is 1.96. The van der Waals surface area contributed by atoms with Crippen LogP contribution in [0.25, 0.3) is 0 Å². The fourth-order valence-corrected chi connectivity index (χ4v) is 1.89. The number of para-hydroxylation sites is 1. The van der Waals surface area contributed by atoms with Crippen molar-refractivity contribution in [2.75, 3.05) is 18.5 Å². The lowest BCUT2D eigenvalue weighted by atomic mass is 10.1. The Labute approximate surface area is 148 Å². The van der Waals surface area contributed by atoms with E-state index < -0.39 is 30.5 Å². The van der Waals surface area contributed by atoms with Crippen molar-refractivity contribution in [3.8, 4) is 0 Å². The number of carbonyl (C=O) groups excluding carboxylic acids is 4. The van der Waals surface area contributed by atoms with Gasteiger partial charge in [-0.3, -0.25) is 14.9 Å². The molecule has 0 spiro atoms. The minimum Gasteiger partial charge on any atom is -0.459 e. The van der Waals surface area contributed by atoms with Gasteiger partial charge in [0.2, 0.25) is 0 Å². The van der Waals surface area contributed by atoms with Gasteiger partial charge in [-0.25, -0.2) is 9.59 Å². The molecule has 0 aliphatic rings. The van der Waals surface area contributed by atoms with Crippen LogP contribution in [0.1, 0.15) is 27.8 Å². The Bertz CT molecular complexity index is 799. The zero-order valence-electron chi connectivity index (χ0n) is 13.8. The minimum absolute atomic E-state index is 0.0383. The summed E-state index contributed by atoms with van der Waals surface area (Å²) in [5.74, 6) is -2.16. The summed E-state index contributed by atoms with van der Waals surface area (Å²) in [6.45, 7) is 0.998. The lowest BCUT2D eigenvalue weighted by molar-refractivity contribution is -0.123. The van der Waals surface area contributed by atoms with E-state index in [0.29, 0.717) is 0 Å². The first kappa shape index (κ1) is 18.7. The summed E-state index contributed by atoms with van der Waals surface area (Å²) in [5.41, 5.74) is 0.223. The maximum atomic E-state index is 12.2. The molecule has 0 saturated carbocycles. The second-order valence-corrected chi connectivity index (χ2v) is 4.82. The van der Waals surface area contributed by atoms with E-state index in [1.807, 2.05) is 5.32 Å². The van der Waals surface area contributed by atoms with Crippen LogP contribution < -0.4 is 10.6 Å². The van der Waals surface area contributed by atoms with Crippen molar-refractivity contribution in [2.24, 2.45) is 0 Å². The first-order valence-corrected chi connectivity index (χ1v) is 7.59. The normalized spacial score (nSPS) is 9.88. The highest BCUT2D eigenvalue weighted by molar-refractivity contribution is 6.07. The van der Waals surface area contributed by atoms with Gasteiger partial charge < -0.3 is 19.2 Å². The third kappa shape index (κ3) is 5.20. The van der Waals surface area contributed by atoms with Gasteiger partial charge in [-0.1, -0.05) is 12.1 Å². The second-order valence-electron chi connectivity index (χ2n) is 4.82. The van der Waals surface area contributed by atoms with E-state index in [0.717, 1.165) is 0 Å². The van der Waals surface area contributed by atoms with Crippen LogP contribution in [0, 0.1) is 0 Å². The summed E-state index contributed by atoms with van der Waals surface area (Å²) < 4.78 is 14.4. The Morgan fingerprint density at radius 3 is 2.50 bits per heavy atom. The number of hydrogen-bond donors (Lipinski definition) is 2. The van der Waals surface area contributed by atoms with Crippen LogP contribution in [-0.4, -0.2) is 37.1 Å². The number of hydrogen-bond acceptors (Lipinski definition) is 7. The topological polar surface area (TPSA) is 124 Å². The van der Waals surface area contributed by atoms with Crippen LogP contribution in [0.15, 0.2) is 47.1 Å². The van der Waals surface area contributed by atoms with E-state index in [2.05, 4.69) is 10.1 Å². The Kier molecular flexibility index (Phi) is 6.49. The zero-order valence-corrected chi connectivity index (χ0v) is 13.8. The van der Waals surface area contributed by atoms with Crippen LogP contribution in [0.3, 0.4) is 0 Å². The minimum atomic E-state index is -0.931. The summed E-state index contributed by atoms with van der Waals surface area (Å²) >= 11 is 0. The SMILES string of the molecule is CCOC(=O)NC(=O)COC(=O)c1ccccc1NC(=O)c1ccco1. The summed E-state index contributed by atoms with van der Waals surface area (Å²) in [7, 11) is 0. The number of furan rings is 1. The number of ether oxygens (including phenoxy) is 2. The molecule has 2 N–H and O–H groups in total. The molecule has 2 rings (SSSR count). The van der Waals surface area contributed by atoms with Crippen molar-refractivity contribution >= 4 is 29.6 Å². The van der Waals surface area contributed by atoms with E-state index in [-0.39, 0.29) is 23.6 Å². The molecule has 0 atom stereocenters. The molecule has 1 aromatic carbocycles. The Morgan fingerprint density at radius 1 is 1.04 bits per heavy atom. The number of anilines is 1. The lowest BCUT2D eigenvalue weighted by Gasteiger charge is -2.10. The molecular weight excluding hydrogens is 344 g/mol. The monoisotopic (exact) mass is 360 g/mol. The van der Waals surface area contributed by atoms with Crippen molar-refractivity contribution in [2.45, 2.75) is 6.92 Å². The van der Waals surface area contributed by atoms with Crippen LogP contribution >= 0.6 is 0 Å². The van der Waals surface area contributed by atoms with Crippen molar-refractivity contribution in [1.82, 2.24) is 5.32 Å². The molecule has 0 saturated heterocycles. The van der Waals surface area contributed by atoms with Gasteiger partial charge in [-0.2, -0.15) is 0 Å². The van der Waals surface area contributed by atoms with Crippen molar-refractivity contribution in [3.63, 3.8) is 0 Å². The van der Waals surface area contributed by atoms with E-state index >= 15 is 0 Å². The molecule has 0 aliphatic heterocycles. The molecule has 1 heterocycles. The molecule has 2 aromatic rings. The van der Waals surface area contributed by atoms with Gasteiger partial charge in [0.1, 0.15) is 0 Å². The number of imide groups is 1. The molecule has 0 bridgehead atoms. The largest absolute Gasteiger partial charge is 0.459 e. The van der Waals surface area contributed by atoms with Gasteiger partial charge in [-0.15, -0.1) is 0 Å². The summed E-state index contributed by atoms with van der Waals surface area (Å²) in [5, 5.41) is 4.42. The predicted molar refractivity (Wildman–Crippen MR) is 88.6 cm³/mol. The number of amides is 3. The summed E-state index contributed by atoms with van der Waals surface area (Å²) in [4.78, 5) is 46.8. The second kappa shape index (κ2) is 9.02. The van der Waals surface area contributed by atoms with Crippen molar-refractivity contribution < 1.29 is 33.1 Å². The molecule has 0 radical (unpaired) electrons. The molecule has 26 heavy (non-hydrogen) atoms. The Balaban J connectivity index is 1.97. The van der Waals surface area contributed by atoms with Gasteiger partial charge >= 0.3 is 12.1 Å². The molecule has 0 aliphatic carbocycles. The average Bonchev–Trinajstić information content (AvgIpc) is 3.15. The number of esters is 1. The van der Waals surface area contributed by atoms with Gasteiger partial charge in [-0.05, 0) is 31.2 Å². The fourth-order valence-electron chi connectivity index (χ4n) is 1.89. The van der Waals surface area contributed by atoms with Crippen LogP contribution in [0.4, 0.5) is 10.5 Å². The lowest BCUT2D eigenvalue weighted by Crippen LogP contribution is -2.34. The highest BCUT2D eigenvalue weighted by Crippen LogP contribution is 2.17. The van der Waals surface area contributed by atoms with Crippen molar-refractivity contribution in [1.29, 1.82) is 0 Å². The number of nitrogens with one attached hydrogen (secondary N) is 2. The Hall–Kier alpha value is -3.62. The molecule has 1 aromatic heterocycles. The average molecular weight is 360 g/mol. The van der Waals surface area contributed by atoms with Crippen molar-refractivity contribution in [3.05, 3.63) is 54.0 Å². The van der Waals surface area contributed by atoms with Crippen LogP contribution in [-0.2, 0) is 14.3 Å². The van der Waals surface area contributed by atoms with E-state index in [1.165, 1.54) is 24.5 Å². The standard InChI is InChI=1S/C17H16N2O7/c1-2-24-17(23)19-14(20)10-26-16(22)11-6-3-4-7-12(11)18-15(21)13-8-5-9-25-13/h3-9H,2,10H2,1H3,(H,18,21)(H,19,20,23).